The second-order valence-electron chi connectivity index (χ2n) is 7.81. The predicted molar refractivity (Wildman–Crippen MR) is 105 cm³/mol. The Bertz CT molecular complexity index is 882. The van der Waals surface area contributed by atoms with E-state index in [2.05, 4.69) is 10.3 Å². The van der Waals surface area contributed by atoms with Crippen LogP contribution in [0.15, 0.2) is 12.3 Å². The molecule has 168 valence electrons. The molecular weight excluding hydrogens is 408 g/mol. The van der Waals surface area contributed by atoms with E-state index in [9.17, 15) is 24.3 Å². The van der Waals surface area contributed by atoms with Gasteiger partial charge in [0.05, 0.1) is 11.8 Å². The van der Waals surface area contributed by atoms with Crippen LogP contribution in [-0.4, -0.2) is 58.8 Å². The number of ether oxygens (including phenoxy) is 3. The number of amides is 1. The molecule has 31 heavy (non-hydrogen) atoms. The summed E-state index contributed by atoms with van der Waals surface area (Å²) in [6.45, 7) is 4.39. The van der Waals surface area contributed by atoms with Gasteiger partial charge >= 0.3 is 17.9 Å². The summed E-state index contributed by atoms with van der Waals surface area (Å²) in [4.78, 5) is 53.9. The van der Waals surface area contributed by atoms with Gasteiger partial charge in [0.25, 0.3) is 5.91 Å². The Kier molecular flexibility index (Phi) is 6.77. The molecule has 0 bridgehead atoms. The topological polar surface area (TPSA) is 141 Å². The first kappa shape index (κ1) is 22.5. The number of hydrogen-bond acceptors (Lipinski definition) is 9. The van der Waals surface area contributed by atoms with Gasteiger partial charge in [0.1, 0.15) is 18.5 Å². The Labute approximate surface area is 179 Å². The lowest BCUT2D eigenvalue weighted by Gasteiger charge is -2.28. The van der Waals surface area contributed by atoms with Gasteiger partial charge in [-0.1, -0.05) is 6.92 Å². The number of aromatic hydroxyl groups is 1. The van der Waals surface area contributed by atoms with Crippen LogP contribution in [0.2, 0.25) is 0 Å². The first-order chi connectivity index (χ1) is 14.7. The Morgan fingerprint density at radius 3 is 2.65 bits per heavy atom. The van der Waals surface area contributed by atoms with Crippen molar-refractivity contribution < 1.29 is 38.5 Å². The summed E-state index contributed by atoms with van der Waals surface area (Å²) in [7, 11) is 0. The zero-order valence-corrected chi connectivity index (χ0v) is 17.6. The molecule has 0 aromatic carbocycles. The molecule has 1 aliphatic heterocycles. The van der Waals surface area contributed by atoms with E-state index in [1.165, 1.54) is 19.2 Å². The lowest BCUT2D eigenvalue weighted by atomic mass is 9.95. The summed E-state index contributed by atoms with van der Waals surface area (Å²) < 4.78 is 16.2. The van der Waals surface area contributed by atoms with Gasteiger partial charge in [-0.15, -0.1) is 0 Å². The van der Waals surface area contributed by atoms with Crippen molar-refractivity contribution in [3.63, 3.8) is 0 Å². The SMILES string of the molecule is CC[C@H]1C(=O)OC[C@H](NC(=O)c2nccc(C)c2O)C(=O)O[C@@H](C)[C@@H]1OC(=O)C1CC1. The van der Waals surface area contributed by atoms with Crippen LogP contribution in [0.3, 0.4) is 0 Å². The molecular formula is C21H26N2O8. The summed E-state index contributed by atoms with van der Waals surface area (Å²) in [5, 5.41) is 12.4. The zero-order chi connectivity index (χ0) is 22.7. The molecule has 10 nitrogen and oxygen atoms in total. The van der Waals surface area contributed by atoms with Gasteiger partial charge in [0.15, 0.2) is 17.8 Å². The van der Waals surface area contributed by atoms with Crippen molar-refractivity contribution in [1.82, 2.24) is 10.3 Å². The number of nitrogens with zero attached hydrogens (tertiary/aromatic N) is 1. The third-order valence-corrected chi connectivity index (χ3v) is 5.39. The zero-order valence-electron chi connectivity index (χ0n) is 17.6. The molecule has 1 aromatic heterocycles. The molecule has 3 rings (SSSR count). The number of aromatic nitrogens is 1. The maximum Gasteiger partial charge on any atom is 0.332 e. The molecule has 1 saturated heterocycles. The maximum absolute atomic E-state index is 12.7. The number of hydrogen-bond donors (Lipinski definition) is 2. The molecule has 0 radical (unpaired) electrons. The van der Waals surface area contributed by atoms with E-state index in [1.54, 1.807) is 13.8 Å². The van der Waals surface area contributed by atoms with Crippen molar-refractivity contribution in [2.75, 3.05) is 6.61 Å². The highest BCUT2D eigenvalue weighted by molar-refractivity contribution is 5.97. The molecule has 2 aliphatic rings. The van der Waals surface area contributed by atoms with Crippen molar-refractivity contribution in [1.29, 1.82) is 0 Å². The Balaban J connectivity index is 1.77. The van der Waals surface area contributed by atoms with E-state index >= 15 is 0 Å². The number of nitrogens with one attached hydrogen (secondary N) is 1. The van der Waals surface area contributed by atoms with Crippen molar-refractivity contribution in [3.8, 4) is 5.75 Å². The van der Waals surface area contributed by atoms with E-state index in [0.717, 1.165) is 12.8 Å². The number of cyclic esters (lactones) is 2. The minimum Gasteiger partial charge on any atom is -0.505 e. The Hall–Kier alpha value is -3.17. The van der Waals surface area contributed by atoms with Gasteiger partial charge in [0.2, 0.25) is 0 Å². The average molecular weight is 434 g/mol. The molecule has 1 saturated carbocycles. The molecule has 2 heterocycles. The second kappa shape index (κ2) is 9.32. The van der Waals surface area contributed by atoms with Gasteiger partial charge in [-0.05, 0) is 44.7 Å². The van der Waals surface area contributed by atoms with Crippen LogP contribution in [0.4, 0.5) is 0 Å². The van der Waals surface area contributed by atoms with E-state index < -0.39 is 54.6 Å². The van der Waals surface area contributed by atoms with Crippen molar-refractivity contribution in [2.24, 2.45) is 11.8 Å². The van der Waals surface area contributed by atoms with Crippen molar-refractivity contribution in [2.45, 2.75) is 58.3 Å². The second-order valence-corrected chi connectivity index (χ2v) is 7.81. The summed E-state index contributed by atoms with van der Waals surface area (Å²) in [5.41, 5.74) is 0.165. The fourth-order valence-electron chi connectivity index (χ4n) is 3.30. The number of carbonyl (C=O) groups is 4. The van der Waals surface area contributed by atoms with E-state index in [0.29, 0.717) is 12.0 Å². The molecule has 4 atom stereocenters. The summed E-state index contributed by atoms with van der Waals surface area (Å²) in [5.74, 6) is -4.09. The largest absolute Gasteiger partial charge is 0.505 e. The van der Waals surface area contributed by atoms with E-state index in [-0.39, 0.29) is 17.4 Å². The van der Waals surface area contributed by atoms with Gasteiger partial charge in [0, 0.05) is 6.20 Å². The smallest absolute Gasteiger partial charge is 0.332 e. The Morgan fingerprint density at radius 1 is 1.29 bits per heavy atom. The molecule has 1 amide bonds. The highest BCUT2D eigenvalue weighted by Crippen LogP contribution is 2.32. The predicted octanol–water partition coefficient (Wildman–Crippen LogP) is 1.03. The Morgan fingerprint density at radius 2 is 2.00 bits per heavy atom. The first-order valence-electron chi connectivity index (χ1n) is 10.3. The molecule has 2 N–H and O–H groups in total. The van der Waals surface area contributed by atoms with Crippen LogP contribution >= 0.6 is 0 Å². The fourth-order valence-corrected chi connectivity index (χ4v) is 3.30. The molecule has 0 unspecified atom stereocenters. The van der Waals surface area contributed by atoms with Crippen LogP contribution in [0.5, 0.6) is 5.75 Å². The lowest BCUT2D eigenvalue weighted by molar-refractivity contribution is -0.175. The van der Waals surface area contributed by atoms with Crippen molar-refractivity contribution in [3.05, 3.63) is 23.5 Å². The third kappa shape index (κ3) is 5.12. The third-order valence-electron chi connectivity index (χ3n) is 5.39. The molecule has 1 aromatic rings. The van der Waals surface area contributed by atoms with Crippen LogP contribution in [0.25, 0.3) is 0 Å². The summed E-state index contributed by atoms with van der Waals surface area (Å²) in [6.07, 6.45) is 1.19. The molecule has 1 aliphatic carbocycles. The number of aryl methyl sites for hydroxylation is 1. The number of pyridine rings is 1. The molecule has 10 heteroatoms. The van der Waals surface area contributed by atoms with Crippen LogP contribution in [0.1, 0.15) is 49.2 Å². The van der Waals surface area contributed by atoms with Gasteiger partial charge < -0.3 is 24.6 Å². The highest BCUT2D eigenvalue weighted by atomic mass is 16.6. The lowest BCUT2D eigenvalue weighted by Crippen LogP contribution is -2.46. The van der Waals surface area contributed by atoms with Crippen LogP contribution in [-0.2, 0) is 28.6 Å². The first-order valence-corrected chi connectivity index (χ1v) is 10.3. The monoisotopic (exact) mass is 434 g/mol. The highest BCUT2D eigenvalue weighted by Gasteiger charge is 2.43. The van der Waals surface area contributed by atoms with Crippen LogP contribution in [0, 0.1) is 18.8 Å². The number of esters is 3. The van der Waals surface area contributed by atoms with Crippen LogP contribution < -0.4 is 5.32 Å². The van der Waals surface area contributed by atoms with E-state index in [1.807, 2.05) is 0 Å². The van der Waals surface area contributed by atoms with Gasteiger partial charge in [-0.25, -0.2) is 9.78 Å². The maximum atomic E-state index is 12.7. The van der Waals surface area contributed by atoms with E-state index in [4.69, 9.17) is 14.2 Å². The molecule has 2 fully saturated rings. The standard InChI is InChI=1S/C21H26N2O8/c1-4-13-17(31-19(26)12-5-6-12)11(3)30-21(28)14(9-29-20(13)27)23-18(25)15-16(24)10(2)7-8-22-15/h7-8,11-14,17,24H,4-6,9H2,1-3H3,(H,23,25)/t11-,13+,14-,17-/m0/s1. The number of rotatable bonds is 5. The van der Waals surface area contributed by atoms with Gasteiger partial charge in [-0.2, -0.15) is 0 Å². The minimum absolute atomic E-state index is 0.189. The summed E-state index contributed by atoms with van der Waals surface area (Å²) in [6, 6.07) is 0.202. The molecule has 0 spiro atoms. The minimum atomic E-state index is -1.32. The normalized spacial score (nSPS) is 26.5. The average Bonchev–Trinajstić information content (AvgIpc) is 3.57. The van der Waals surface area contributed by atoms with Crippen molar-refractivity contribution >= 4 is 23.8 Å². The van der Waals surface area contributed by atoms with Gasteiger partial charge in [-0.3, -0.25) is 14.4 Å². The number of carbonyl (C=O) groups excluding carboxylic acids is 4. The summed E-state index contributed by atoms with van der Waals surface area (Å²) >= 11 is 0. The quantitative estimate of drug-likeness (QED) is 0.513. The fraction of sp³-hybridized carbons (Fsp3) is 0.571.